The number of rotatable bonds is 3. The van der Waals surface area contributed by atoms with Gasteiger partial charge in [0.05, 0.1) is 16.1 Å². The molecule has 3 aromatic rings. The van der Waals surface area contributed by atoms with Gasteiger partial charge in [-0.05, 0) is 37.3 Å². The Morgan fingerprint density at radius 1 is 1.04 bits per heavy atom. The lowest BCUT2D eigenvalue weighted by Gasteiger charge is -2.20. The summed E-state index contributed by atoms with van der Waals surface area (Å²) in [7, 11) is 0. The number of hydrogen-bond donors (Lipinski definition) is 0. The van der Waals surface area contributed by atoms with Crippen molar-refractivity contribution in [3.8, 4) is 5.75 Å². The normalized spacial score (nSPS) is 13.0. The van der Waals surface area contributed by atoms with E-state index in [1.807, 2.05) is 43.3 Å². The van der Waals surface area contributed by atoms with Crippen LogP contribution in [-0.4, -0.2) is 9.19 Å². The van der Waals surface area contributed by atoms with E-state index in [0.717, 1.165) is 22.2 Å². The third kappa shape index (κ3) is 4.02. The molecule has 130 valence electrons. The summed E-state index contributed by atoms with van der Waals surface area (Å²) in [5, 5.41) is 1.34. The van der Waals surface area contributed by atoms with Crippen LogP contribution in [0.15, 0.2) is 53.4 Å². The fraction of sp³-hybridized carbons (Fsp3) is 0.250. The molecule has 0 radical (unpaired) electrons. The summed E-state index contributed by atoms with van der Waals surface area (Å²) < 4.78 is 18.5. The van der Waals surface area contributed by atoms with E-state index in [1.165, 1.54) is 0 Å². The van der Waals surface area contributed by atoms with Crippen LogP contribution in [0, 0.1) is 6.92 Å². The fourth-order valence-electron chi connectivity index (χ4n) is 2.40. The number of nitrogens with zero attached hydrogens (tertiary/aromatic N) is 1. The molecule has 0 N–H and O–H groups in total. The number of halogens is 1. The molecular weight excluding hydrogens is 354 g/mol. The van der Waals surface area contributed by atoms with Crippen LogP contribution in [0.25, 0.3) is 10.9 Å². The third-order valence-electron chi connectivity index (χ3n) is 3.88. The minimum atomic E-state index is -1.61. The molecule has 1 unspecified atom stereocenters. The zero-order valence-corrected chi connectivity index (χ0v) is 16.2. The van der Waals surface area contributed by atoms with Gasteiger partial charge in [-0.1, -0.05) is 50.1 Å². The maximum Gasteiger partial charge on any atom is 0.240 e. The van der Waals surface area contributed by atoms with Gasteiger partial charge >= 0.3 is 0 Å². The molecule has 0 aliphatic heterocycles. The zero-order valence-electron chi connectivity index (χ0n) is 14.7. The lowest BCUT2D eigenvalue weighted by molar-refractivity contribution is 0.548. The van der Waals surface area contributed by atoms with Gasteiger partial charge in [0.1, 0.15) is 0 Å². The molecule has 3 nitrogen and oxygen atoms in total. The van der Waals surface area contributed by atoms with Gasteiger partial charge in [0, 0.05) is 21.9 Å². The van der Waals surface area contributed by atoms with Crippen molar-refractivity contribution in [2.45, 2.75) is 38.0 Å². The molecular formula is C20H20ClNO2S. The number of pyridine rings is 1. The Balaban J connectivity index is 2.08. The van der Waals surface area contributed by atoms with Crippen LogP contribution in [-0.2, 0) is 16.5 Å². The molecule has 1 atom stereocenters. The molecule has 1 heterocycles. The lowest BCUT2D eigenvalue weighted by Crippen LogP contribution is -2.14. The maximum absolute atomic E-state index is 12.7. The number of aromatic nitrogens is 1. The molecule has 5 heteroatoms. The van der Waals surface area contributed by atoms with E-state index in [1.54, 1.807) is 12.1 Å². The van der Waals surface area contributed by atoms with Crippen LogP contribution < -0.4 is 4.18 Å². The largest absolute Gasteiger partial charge is 0.396 e. The zero-order chi connectivity index (χ0) is 18.2. The molecule has 25 heavy (non-hydrogen) atoms. The van der Waals surface area contributed by atoms with Gasteiger partial charge in [-0.15, -0.1) is 0 Å². The second kappa shape index (κ2) is 6.77. The van der Waals surface area contributed by atoms with Crippen molar-refractivity contribution in [2.24, 2.45) is 0 Å². The molecule has 0 saturated carbocycles. The van der Waals surface area contributed by atoms with E-state index in [-0.39, 0.29) is 5.41 Å². The lowest BCUT2D eigenvalue weighted by atomic mass is 9.91. The third-order valence-corrected chi connectivity index (χ3v) is 5.10. The number of aryl methyl sites for hydroxylation is 1. The van der Waals surface area contributed by atoms with Crippen molar-refractivity contribution in [3.63, 3.8) is 0 Å². The van der Waals surface area contributed by atoms with Gasteiger partial charge in [-0.2, -0.15) is 0 Å². The van der Waals surface area contributed by atoms with Crippen LogP contribution in [0.5, 0.6) is 5.75 Å². The van der Waals surface area contributed by atoms with Crippen molar-refractivity contribution in [1.29, 1.82) is 0 Å². The SMILES string of the molecule is Cc1ccc(S(=O)Oc2cc(C(C)(C)C)nc3ccc(Cl)cc23)cc1. The predicted molar refractivity (Wildman–Crippen MR) is 104 cm³/mol. The van der Waals surface area contributed by atoms with Crippen LogP contribution in [0.2, 0.25) is 5.02 Å². The summed E-state index contributed by atoms with van der Waals surface area (Å²) in [6.07, 6.45) is 0. The Kier molecular flexibility index (Phi) is 4.85. The summed E-state index contributed by atoms with van der Waals surface area (Å²) in [5.74, 6) is 0.524. The van der Waals surface area contributed by atoms with Crippen LogP contribution in [0.1, 0.15) is 32.0 Å². The molecule has 0 saturated heterocycles. The van der Waals surface area contributed by atoms with E-state index in [9.17, 15) is 4.21 Å². The maximum atomic E-state index is 12.7. The van der Waals surface area contributed by atoms with Crippen molar-refractivity contribution in [1.82, 2.24) is 4.98 Å². The van der Waals surface area contributed by atoms with Crippen LogP contribution in [0.4, 0.5) is 0 Å². The molecule has 0 bridgehead atoms. The smallest absolute Gasteiger partial charge is 0.240 e. The molecule has 3 rings (SSSR count). The summed E-state index contributed by atoms with van der Waals surface area (Å²) in [6, 6.07) is 14.7. The summed E-state index contributed by atoms with van der Waals surface area (Å²) in [6.45, 7) is 8.23. The summed E-state index contributed by atoms with van der Waals surface area (Å²) in [4.78, 5) is 5.32. The highest BCUT2D eigenvalue weighted by atomic mass is 35.5. The molecule has 0 fully saturated rings. The van der Waals surface area contributed by atoms with Gasteiger partial charge in [0.2, 0.25) is 11.1 Å². The van der Waals surface area contributed by atoms with Gasteiger partial charge in [0.15, 0.2) is 5.75 Å². The van der Waals surface area contributed by atoms with E-state index in [2.05, 4.69) is 20.8 Å². The van der Waals surface area contributed by atoms with Crippen molar-refractivity contribution in [3.05, 3.63) is 64.8 Å². The standard InChI is InChI=1S/C20H20ClNO2S/c1-13-5-8-15(9-6-13)25(23)24-18-12-19(20(2,3)4)22-17-10-7-14(21)11-16(17)18/h5-12H,1-4H3. The van der Waals surface area contributed by atoms with E-state index >= 15 is 0 Å². The first-order chi connectivity index (χ1) is 11.7. The second-order valence-electron chi connectivity index (χ2n) is 7.05. The molecule has 1 aromatic heterocycles. The fourth-order valence-corrected chi connectivity index (χ4v) is 3.33. The Bertz CT molecular complexity index is 946. The molecule has 2 aromatic carbocycles. The molecule has 0 spiro atoms. The van der Waals surface area contributed by atoms with E-state index in [0.29, 0.717) is 15.7 Å². The predicted octanol–water partition coefficient (Wildman–Crippen LogP) is 5.60. The quantitative estimate of drug-likeness (QED) is 0.600. The molecule has 0 aliphatic rings. The van der Waals surface area contributed by atoms with Gasteiger partial charge in [-0.25, -0.2) is 4.21 Å². The highest BCUT2D eigenvalue weighted by Crippen LogP contribution is 2.33. The Morgan fingerprint density at radius 3 is 2.36 bits per heavy atom. The minimum absolute atomic E-state index is 0.155. The van der Waals surface area contributed by atoms with E-state index in [4.69, 9.17) is 20.8 Å². The first kappa shape index (κ1) is 17.9. The average molecular weight is 374 g/mol. The number of fused-ring (bicyclic) bond motifs is 1. The molecule has 0 aliphatic carbocycles. The first-order valence-corrected chi connectivity index (χ1v) is 9.47. The minimum Gasteiger partial charge on any atom is -0.396 e. The van der Waals surface area contributed by atoms with Gasteiger partial charge < -0.3 is 4.18 Å². The highest BCUT2D eigenvalue weighted by molar-refractivity contribution is 7.80. The van der Waals surface area contributed by atoms with Crippen molar-refractivity contribution >= 4 is 33.6 Å². The number of benzene rings is 2. The topological polar surface area (TPSA) is 39.2 Å². The van der Waals surface area contributed by atoms with Gasteiger partial charge in [-0.3, -0.25) is 4.98 Å². The second-order valence-corrected chi connectivity index (χ2v) is 8.59. The van der Waals surface area contributed by atoms with Gasteiger partial charge in [0.25, 0.3) is 0 Å². The average Bonchev–Trinajstić information content (AvgIpc) is 2.54. The van der Waals surface area contributed by atoms with Crippen LogP contribution >= 0.6 is 11.6 Å². The van der Waals surface area contributed by atoms with Crippen molar-refractivity contribution in [2.75, 3.05) is 0 Å². The Hall–Kier alpha value is -1.91. The summed E-state index contributed by atoms with van der Waals surface area (Å²) >= 11 is 4.52. The van der Waals surface area contributed by atoms with E-state index < -0.39 is 11.1 Å². The monoisotopic (exact) mass is 373 g/mol. The molecule has 0 amide bonds. The first-order valence-electron chi connectivity index (χ1n) is 8.01. The Morgan fingerprint density at radius 2 is 1.72 bits per heavy atom. The number of hydrogen-bond acceptors (Lipinski definition) is 3. The van der Waals surface area contributed by atoms with Crippen molar-refractivity contribution < 1.29 is 8.39 Å². The highest BCUT2D eigenvalue weighted by Gasteiger charge is 2.20. The summed E-state index contributed by atoms with van der Waals surface area (Å²) in [5.41, 5.74) is 2.60. The Labute approximate surface area is 155 Å². The van der Waals surface area contributed by atoms with Crippen LogP contribution in [0.3, 0.4) is 0 Å².